The molecule has 0 bridgehead atoms. The first-order valence-corrected chi connectivity index (χ1v) is 13.1. The van der Waals surface area contributed by atoms with Crippen molar-refractivity contribution in [3.8, 4) is 0 Å². The summed E-state index contributed by atoms with van der Waals surface area (Å²) in [5.74, 6) is -1.48. The van der Waals surface area contributed by atoms with E-state index in [2.05, 4.69) is 5.32 Å². The number of anilines is 3. The summed E-state index contributed by atoms with van der Waals surface area (Å²) >= 11 is 0. The van der Waals surface area contributed by atoms with Gasteiger partial charge in [-0.15, -0.1) is 0 Å². The van der Waals surface area contributed by atoms with E-state index in [-0.39, 0.29) is 22.0 Å². The van der Waals surface area contributed by atoms with E-state index in [0.717, 1.165) is 30.0 Å². The van der Waals surface area contributed by atoms with Gasteiger partial charge in [-0.05, 0) is 60.9 Å². The molecule has 1 aliphatic heterocycles. The molecule has 0 spiro atoms. The zero-order valence-electron chi connectivity index (χ0n) is 17.0. The summed E-state index contributed by atoms with van der Waals surface area (Å²) in [4.78, 5) is -0.214. The number of nitrogens with one attached hydrogen (secondary N) is 1. The van der Waals surface area contributed by atoms with E-state index in [9.17, 15) is 25.6 Å². The molecule has 0 fully saturated rings. The molecule has 0 unspecified atom stereocenters. The van der Waals surface area contributed by atoms with Crippen LogP contribution in [-0.2, 0) is 26.3 Å². The highest BCUT2D eigenvalue weighted by molar-refractivity contribution is 7.93. The number of sulfone groups is 1. The van der Waals surface area contributed by atoms with E-state index >= 15 is 0 Å². The lowest BCUT2D eigenvalue weighted by molar-refractivity contribution is 0.584. The zero-order chi connectivity index (χ0) is 23.1. The van der Waals surface area contributed by atoms with Crippen LogP contribution in [0.2, 0.25) is 0 Å². The van der Waals surface area contributed by atoms with Gasteiger partial charge >= 0.3 is 0 Å². The van der Waals surface area contributed by atoms with Crippen LogP contribution >= 0.6 is 0 Å². The zero-order valence-corrected chi connectivity index (χ0v) is 18.7. The third-order valence-electron chi connectivity index (χ3n) is 5.19. The number of halogens is 2. The first-order valence-electron chi connectivity index (χ1n) is 9.73. The van der Waals surface area contributed by atoms with E-state index in [0.29, 0.717) is 24.2 Å². The number of rotatable bonds is 5. The molecule has 0 saturated carbocycles. The van der Waals surface area contributed by atoms with Gasteiger partial charge in [0.15, 0.2) is 9.84 Å². The second kappa shape index (κ2) is 8.18. The van der Waals surface area contributed by atoms with Crippen LogP contribution in [0.5, 0.6) is 0 Å². The summed E-state index contributed by atoms with van der Waals surface area (Å²) in [6, 6.07) is 13.4. The van der Waals surface area contributed by atoms with Gasteiger partial charge in [0.25, 0.3) is 10.0 Å². The highest BCUT2D eigenvalue weighted by Crippen LogP contribution is 2.35. The molecule has 0 saturated heterocycles. The van der Waals surface area contributed by atoms with Crippen LogP contribution in [0.1, 0.15) is 12.0 Å². The summed E-state index contributed by atoms with van der Waals surface area (Å²) in [6.07, 6.45) is 2.27. The molecule has 0 aliphatic carbocycles. The molecule has 1 N–H and O–H groups in total. The van der Waals surface area contributed by atoms with Gasteiger partial charge in [-0.3, -0.25) is 4.31 Å². The Labute approximate surface area is 185 Å². The molecule has 0 amide bonds. The second-order valence-electron chi connectivity index (χ2n) is 7.52. The van der Waals surface area contributed by atoms with Gasteiger partial charge in [-0.1, -0.05) is 12.1 Å². The SMILES string of the molecule is CS(=O)(=O)c1cccc(S(=O)(=O)N2CCCc3ccc(Nc4ccc(F)cc4F)cc32)c1. The lowest BCUT2D eigenvalue weighted by atomic mass is 10.0. The largest absolute Gasteiger partial charge is 0.353 e. The van der Waals surface area contributed by atoms with Gasteiger partial charge in [0.2, 0.25) is 0 Å². The molecule has 32 heavy (non-hydrogen) atoms. The number of benzene rings is 3. The molecule has 1 heterocycles. The number of hydrogen-bond donors (Lipinski definition) is 1. The molecule has 3 aromatic rings. The second-order valence-corrected chi connectivity index (χ2v) is 11.4. The van der Waals surface area contributed by atoms with E-state index in [1.807, 2.05) is 0 Å². The van der Waals surface area contributed by atoms with Crippen molar-refractivity contribution in [2.45, 2.75) is 22.6 Å². The summed E-state index contributed by atoms with van der Waals surface area (Å²) in [6.45, 7) is 0.215. The minimum Gasteiger partial charge on any atom is -0.353 e. The Morgan fingerprint density at radius 3 is 2.38 bits per heavy atom. The van der Waals surface area contributed by atoms with Crippen molar-refractivity contribution < 1.29 is 25.6 Å². The maximum absolute atomic E-state index is 14.0. The maximum Gasteiger partial charge on any atom is 0.264 e. The van der Waals surface area contributed by atoms with Gasteiger partial charge in [-0.25, -0.2) is 25.6 Å². The van der Waals surface area contributed by atoms with Crippen molar-refractivity contribution in [3.63, 3.8) is 0 Å². The molecule has 4 rings (SSSR count). The van der Waals surface area contributed by atoms with E-state index in [4.69, 9.17) is 0 Å². The Hall–Kier alpha value is -2.98. The van der Waals surface area contributed by atoms with Crippen LogP contribution in [0.25, 0.3) is 0 Å². The van der Waals surface area contributed by atoms with E-state index in [1.165, 1.54) is 28.6 Å². The van der Waals surface area contributed by atoms with Crippen molar-refractivity contribution in [2.24, 2.45) is 0 Å². The lowest BCUT2D eigenvalue weighted by Gasteiger charge is -2.31. The average molecular weight is 479 g/mol. The van der Waals surface area contributed by atoms with Crippen molar-refractivity contribution in [3.05, 3.63) is 77.9 Å². The topological polar surface area (TPSA) is 83.5 Å². The van der Waals surface area contributed by atoms with Crippen LogP contribution in [0, 0.1) is 11.6 Å². The Kier molecular flexibility index (Phi) is 5.68. The first-order chi connectivity index (χ1) is 15.1. The normalized spacial score (nSPS) is 14.2. The van der Waals surface area contributed by atoms with Gasteiger partial charge in [0, 0.05) is 24.6 Å². The molecule has 3 aromatic carbocycles. The Bertz CT molecular complexity index is 1410. The van der Waals surface area contributed by atoms with E-state index in [1.54, 1.807) is 18.2 Å². The van der Waals surface area contributed by atoms with Crippen LogP contribution < -0.4 is 9.62 Å². The molecule has 1 aliphatic rings. The Balaban J connectivity index is 1.73. The summed E-state index contributed by atoms with van der Waals surface area (Å²) < 4.78 is 79.0. The Morgan fingerprint density at radius 1 is 0.906 bits per heavy atom. The summed E-state index contributed by atoms with van der Waals surface area (Å²) in [5.41, 5.74) is 1.71. The smallest absolute Gasteiger partial charge is 0.264 e. The number of sulfonamides is 1. The molecule has 0 atom stereocenters. The predicted octanol–water partition coefficient (Wildman–Crippen LogP) is 4.25. The fourth-order valence-electron chi connectivity index (χ4n) is 3.61. The highest BCUT2D eigenvalue weighted by Gasteiger charge is 2.30. The Morgan fingerprint density at radius 2 is 1.66 bits per heavy atom. The average Bonchev–Trinajstić information content (AvgIpc) is 2.74. The third-order valence-corrected chi connectivity index (χ3v) is 8.11. The summed E-state index contributed by atoms with van der Waals surface area (Å²) in [7, 11) is -7.62. The van der Waals surface area contributed by atoms with Crippen LogP contribution in [-0.4, -0.2) is 29.6 Å². The lowest BCUT2D eigenvalue weighted by Crippen LogP contribution is -2.35. The number of aryl methyl sites for hydroxylation is 1. The predicted molar refractivity (Wildman–Crippen MR) is 118 cm³/mol. The fourth-order valence-corrected chi connectivity index (χ4v) is 5.93. The first kappa shape index (κ1) is 22.2. The van der Waals surface area contributed by atoms with E-state index < -0.39 is 31.5 Å². The van der Waals surface area contributed by atoms with Gasteiger partial charge in [0.05, 0.1) is 21.2 Å². The monoisotopic (exact) mass is 478 g/mol. The standard InChI is InChI=1S/C22H20F2N2O4S2/c1-31(27,28)18-5-2-6-19(14-18)32(29,30)26-11-3-4-15-7-9-17(13-22(15)26)25-21-10-8-16(23)12-20(21)24/h2,5-10,12-14,25H,3-4,11H2,1H3. The van der Waals surface area contributed by atoms with Crippen LogP contribution in [0.3, 0.4) is 0 Å². The molecule has 0 aromatic heterocycles. The number of hydrogen-bond acceptors (Lipinski definition) is 5. The van der Waals surface area contributed by atoms with Crippen molar-refractivity contribution in [2.75, 3.05) is 22.4 Å². The molecule has 168 valence electrons. The molecule has 6 nitrogen and oxygen atoms in total. The van der Waals surface area contributed by atoms with Crippen LogP contribution in [0.15, 0.2) is 70.5 Å². The quantitative estimate of drug-likeness (QED) is 0.593. The highest BCUT2D eigenvalue weighted by atomic mass is 32.2. The number of nitrogens with zero attached hydrogens (tertiary/aromatic N) is 1. The fraction of sp³-hybridized carbons (Fsp3) is 0.182. The minimum absolute atomic E-state index is 0.0532. The van der Waals surface area contributed by atoms with Gasteiger partial charge in [-0.2, -0.15) is 0 Å². The molecular formula is C22H20F2N2O4S2. The van der Waals surface area contributed by atoms with Crippen molar-refractivity contribution in [1.82, 2.24) is 0 Å². The van der Waals surface area contributed by atoms with Crippen molar-refractivity contribution >= 4 is 36.9 Å². The maximum atomic E-state index is 14.0. The van der Waals surface area contributed by atoms with Crippen LogP contribution in [0.4, 0.5) is 25.8 Å². The number of fused-ring (bicyclic) bond motifs is 1. The minimum atomic E-state index is -4.04. The summed E-state index contributed by atoms with van der Waals surface area (Å²) in [5, 5.41) is 2.85. The molecule has 10 heteroatoms. The molecular weight excluding hydrogens is 458 g/mol. The van der Waals surface area contributed by atoms with Crippen molar-refractivity contribution in [1.29, 1.82) is 0 Å². The van der Waals surface area contributed by atoms with Gasteiger partial charge in [0.1, 0.15) is 11.6 Å². The van der Waals surface area contributed by atoms with Gasteiger partial charge < -0.3 is 5.32 Å². The molecule has 0 radical (unpaired) electrons. The third kappa shape index (κ3) is 4.33.